The molecular weight excluding hydrogens is 314 g/mol. The van der Waals surface area contributed by atoms with E-state index in [0.29, 0.717) is 0 Å². The Morgan fingerprint density at radius 3 is 2.20 bits per heavy atom. The van der Waals surface area contributed by atoms with E-state index in [9.17, 15) is 26.4 Å². The zero-order chi connectivity index (χ0) is 16.0. The lowest BCUT2D eigenvalue weighted by Gasteiger charge is -2.13. The molecule has 0 rings (SSSR count). The Labute approximate surface area is 117 Å². The van der Waals surface area contributed by atoms with Crippen LogP contribution in [0, 0.1) is 0 Å². The van der Waals surface area contributed by atoms with E-state index in [0.717, 1.165) is 6.26 Å². The average molecular weight is 331 g/mol. The maximum Gasteiger partial charge on any atom is 0.322 e. The summed E-state index contributed by atoms with van der Waals surface area (Å²) in [7, 11) is -7.64. The number of carboxylic acid groups (broad SMARTS) is 1. The Morgan fingerprint density at radius 1 is 1.25 bits per heavy atom. The molecule has 0 amide bonds. The van der Waals surface area contributed by atoms with Crippen molar-refractivity contribution in [3.8, 4) is 0 Å². The van der Waals surface area contributed by atoms with E-state index in [1.807, 2.05) is 0 Å². The molecule has 118 valence electrons. The smallest absolute Gasteiger partial charge is 0.322 e. The fourth-order valence-corrected chi connectivity index (χ4v) is 2.97. The molecular formula is C9H17NO8S2. The Hall–Kier alpha value is -1.20. The molecule has 0 bridgehead atoms. The summed E-state index contributed by atoms with van der Waals surface area (Å²) in [6.07, 6.45) is 0.468. The maximum absolute atomic E-state index is 11.5. The van der Waals surface area contributed by atoms with E-state index in [2.05, 4.69) is 4.74 Å². The van der Waals surface area contributed by atoms with E-state index >= 15 is 0 Å². The SMILES string of the molecule is CCOC(=O)CS(=O)(=O)NC(CCS(C)(=O)=O)C(=O)O. The molecule has 0 fully saturated rings. The van der Waals surface area contributed by atoms with Gasteiger partial charge in [-0.2, -0.15) is 0 Å². The second-order valence-electron chi connectivity index (χ2n) is 3.99. The molecule has 1 atom stereocenters. The molecule has 0 aliphatic rings. The molecule has 0 aliphatic heterocycles. The number of esters is 1. The first-order valence-corrected chi connectivity index (χ1v) is 9.24. The van der Waals surface area contributed by atoms with Gasteiger partial charge in [-0.05, 0) is 13.3 Å². The van der Waals surface area contributed by atoms with Crippen LogP contribution in [-0.2, 0) is 34.2 Å². The van der Waals surface area contributed by atoms with E-state index in [-0.39, 0.29) is 6.61 Å². The Bertz CT molecular complexity index is 550. The van der Waals surface area contributed by atoms with Crippen molar-refractivity contribution in [2.75, 3.05) is 24.4 Å². The van der Waals surface area contributed by atoms with Gasteiger partial charge in [-0.25, -0.2) is 21.6 Å². The number of carbonyl (C=O) groups is 2. The fourth-order valence-electron chi connectivity index (χ4n) is 1.18. The summed E-state index contributed by atoms with van der Waals surface area (Å²) >= 11 is 0. The summed E-state index contributed by atoms with van der Waals surface area (Å²) in [5.74, 6) is -4.07. The van der Waals surface area contributed by atoms with Crippen LogP contribution >= 0.6 is 0 Å². The van der Waals surface area contributed by atoms with Crippen molar-refractivity contribution in [3.63, 3.8) is 0 Å². The van der Waals surface area contributed by atoms with Gasteiger partial charge < -0.3 is 9.84 Å². The number of rotatable bonds is 9. The van der Waals surface area contributed by atoms with Crippen molar-refractivity contribution >= 4 is 31.8 Å². The van der Waals surface area contributed by atoms with Gasteiger partial charge in [-0.15, -0.1) is 0 Å². The zero-order valence-corrected chi connectivity index (χ0v) is 12.7. The van der Waals surface area contributed by atoms with Crippen molar-refractivity contribution in [2.24, 2.45) is 0 Å². The van der Waals surface area contributed by atoms with Crippen molar-refractivity contribution in [3.05, 3.63) is 0 Å². The van der Waals surface area contributed by atoms with Gasteiger partial charge in [-0.1, -0.05) is 0 Å². The van der Waals surface area contributed by atoms with Crippen LogP contribution in [-0.4, -0.2) is 64.3 Å². The quantitative estimate of drug-likeness (QED) is 0.478. The lowest BCUT2D eigenvalue weighted by atomic mass is 10.2. The number of hydrogen-bond acceptors (Lipinski definition) is 7. The molecule has 0 aromatic rings. The molecule has 2 N–H and O–H groups in total. The third-order valence-electron chi connectivity index (χ3n) is 2.01. The van der Waals surface area contributed by atoms with E-state index < -0.39 is 55.8 Å². The lowest BCUT2D eigenvalue weighted by Crippen LogP contribution is -2.44. The highest BCUT2D eigenvalue weighted by Crippen LogP contribution is 2.00. The number of hydrogen-bond donors (Lipinski definition) is 2. The van der Waals surface area contributed by atoms with E-state index in [1.54, 1.807) is 4.72 Å². The fraction of sp³-hybridized carbons (Fsp3) is 0.778. The number of nitrogens with one attached hydrogen (secondary N) is 1. The number of aliphatic carboxylic acids is 1. The minimum Gasteiger partial charge on any atom is -0.480 e. The van der Waals surface area contributed by atoms with Gasteiger partial charge in [0.05, 0.1) is 12.4 Å². The molecule has 0 heterocycles. The van der Waals surface area contributed by atoms with Crippen LogP contribution in [0.2, 0.25) is 0 Å². The van der Waals surface area contributed by atoms with Gasteiger partial charge in [-0.3, -0.25) is 9.59 Å². The highest BCUT2D eigenvalue weighted by molar-refractivity contribution is 7.90. The number of sulfonamides is 1. The highest BCUT2D eigenvalue weighted by atomic mass is 32.2. The molecule has 0 aliphatic carbocycles. The first-order valence-electron chi connectivity index (χ1n) is 5.53. The van der Waals surface area contributed by atoms with Crippen molar-refractivity contribution in [1.29, 1.82) is 0 Å². The molecule has 9 nitrogen and oxygen atoms in total. The Morgan fingerprint density at radius 2 is 1.80 bits per heavy atom. The van der Waals surface area contributed by atoms with Gasteiger partial charge in [0.25, 0.3) is 0 Å². The van der Waals surface area contributed by atoms with Crippen LogP contribution in [0.3, 0.4) is 0 Å². The first-order chi connectivity index (χ1) is 8.97. The summed E-state index contributed by atoms with van der Waals surface area (Å²) in [5, 5.41) is 8.83. The molecule has 0 spiro atoms. The topological polar surface area (TPSA) is 144 Å². The van der Waals surface area contributed by atoms with Gasteiger partial charge in [0.2, 0.25) is 10.0 Å². The molecule has 1 unspecified atom stereocenters. The minimum atomic E-state index is -4.22. The van der Waals surface area contributed by atoms with Crippen molar-refractivity contribution in [2.45, 2.75) is 19.4 Å². The van der Waals surface area contributed by atoms with Crippen LogP contribution in [0.1, 0.15) is 13.3 Å². The third-order valence-corrected chi connectivity index (χ3v) is 4.25. The summed E-state index contributed by atoms with van der Waals surface area (Å²) < 4.78 is 51.1. The molecule has 20 heavy (non-hydrogen) atoms. The summed E-state index contributed by atoms with van der Waals surface area (Å²) in [5.41, 5.74) is 0. The number of sulfone groups is 1. The van der Waals surface area contributed by atoms with Crippen molar-refractivity contribution < 1.29 is 36.3 Å². The van der Waals surface area contributed by atoms with Crippen LogP contribution in [0.25, 0.3) is 0 Å². The monoisotopic (exact) mass is 331 g/mol. The largest absolute Gasteiger partial charge is 0.480 e. The Balaban J connectivity index is 4.74. The Kier molecular flexibility index (Phi) is 7.09. The normalized spacial score (nSPS) is 13.7. The number of carbonyl (C=O) groups excluding carboxylic acids is 1. The average Bonchev–Trinajstić information content (AvgIpc) is 2.21. The van der Waals surface area contributed by atoms with Gasteiger partial charge in [0.15, 0.2) is 5.75 Å². The van der Waals surface area contributed by atoms with Crippen LogP contribution < -0.4 is 4.72 Å². The van der Waals surface area contributed by atoms with E-state index in [1.165, 1.54) is 6.92 Å². The van der Waals surface area contributed by atoms with E-state index in [4.69, 9.17) is 5.11 Å². The molecule has 0 saturated carbocycles. The summed E-state index contributed by atoms with van der Waals surface area (Å²) in [6, 6.07) is -1.62. The highest BCUT2D eigenvalue weighted by Gasteiger charge is 2.27. The minimum absolute atomic E-state index is 0.00914. The molecule has 0 aromatic carbocycles. The van der Waals surface area contributed by atoms with Gasteiger partial charge in [0.1, 0.15) is 15.9 Å². The zero-order valence-electron chi connectivity index (χ0n) is 11.0. The summed E-state index contributed by atoms with van der Waals surface area (Å²) in [4.78, 5) is 21.9. The number of ether oxygens (including phenoxy) is 1. The van der Waals surface area contributed by atoms with Gasteiger partial charge >= 0.3 is 11.9 Å². The standard InChI is InChI=1S/C9H17NO8S2/c1-3-18-8(11)6-20(16,17)10-7(9(12)13)4-5-19(2,14)15/h7,10H,3-6H2,1-2H3,(H,12,13). The predicted octanol–water partition coefficient (Wildman–Crippen LogP) is -1.64. The molecule has 0 saturated heterocycles. The third kappa shape index (κ3) is 8.82. The first kappa shape index (κ1) is 18.8. The van der Waals surface area contributed by atoms with Crippen LogP contribution in [0.5, 0.6) is 0 Å². The molecule has 0 radical (unpaired) electrons. The lowest BCUT2D eigenvalue weighted by molar-refractivity contribution is -0.141. The molecule has 0 aromatic heterocycles. The molecule has 11 heteroatoms. The second kappa shape index (κ2) is 7.55. The maximum atomic E-state index is 11.5. The second-order valence-corrected chi connectivity index (χ2v) is 8.00. The van der Waals surface area contributed by atoms with Crippen LogP contribution in [0.4, 0.5) is 0 Å². The summed E-state index contributed by atoms with van der Waals surface area (Å²) in [6.45, 7) is 1.48. The number of carboxylic acids is 1. The van der Waals surface area contributed by atoms with Crippen molar-refractivity contribution in [1.82, 2.24) is 4.72 Å². The van der Waals surface area contributed by atoms with Crippen LogP contribution in [0.15, 0.2) is 0 Å². The van der Waals surface area contributed by atoms with Gasteiger partial charge in [0, 0.05) is 6.26 Å². The predicted molar refractivity (Wildman–Crippen MR) is 69.3 cm³/mol.